The van der Waals surface area contributed by atoms with Crippen LogP contribution in [0.2, 0.25) is 0 Å². The number of nitrogens with zero attached hydrogens (tertiary/aromatic N) is 7. The number of aromatic nitrogens is 7. The minimum Gasteiger partial charge on any atom is -0.385 e. The van der Waals surface area contributed by atoms with Crippen LogP contribution >= 0.6 is 0 Å². The maximum absolute atomic E-state index is 13.3. The van der Waals surface area contributed by atoms with Crippen LogP contribution < -0.4 is 21.5 Å². The van der Waals surface area contributed by atoms with E-state index >= 15 is 0 Å². The zero-order valence-corrected chi connectivity index (χ0v) is 18.8. The fourth-order valence-electron chi connectivity index (χ4n) is 4.61. The van der Waals surface area contributed by atoms with E-state index in [9.17, 15) is 14.0 Å². The zero-order chi connectivity index (χ0) is 24.1. The van der Waals surface area contributed by atoms with Crippen LogP contribution in [0.15, 0.2) is 41.7 Å². The van der Waals surface area contributed by atoms with Gasteiger partial charge in [-0.1, -0.05) is 0 Å². The smallest absolute Gasteiger partial charge is 0.274 e. The maximum atomic E-state index is 13.3. The largest absolute Gasteiger partial charge is 0.385 e. The Balaban J connectivity index is 1.31. The number of hydrogen-bond acceptors (Lipinski definition) is 8. The third-order valence-electron chi connectivity index (χ3n) is 6.55. The summed E-state index contributed by atoms with van der Waals surface area (Å²) < 4.78 is 18.1. The van der Waals surface area contributed by atoms with Crippen LogP contribution in [0, 0.1) is 0 Å². The van der Waals surface area contributed by atoms with Gasteiger partial charge in [0.15, 0.2) is 17.2 Å². The predicted octanol–water partition coefficient (Wildman–Crippen LogP) is 1.82. The molecule has 1 aliphatic heterocycles. The van der Waals surface area contributed by atoms with Crippen LogP contribution in [0.25, 0.3) is 5.65 Å². The Morgan fingerprint density at radius 1 is 1.23 bits per heavy atom. The van der Waals surface area contributed by atoms with E-state index in [1.807, 2.05) is 0 Å². The van der Waals surface area contributed by atoms with Crippen molar-refractivity contribution in [3.05, 3.63) is 58.8 Å². The van der Waals surface area contributed by atoms with E-state index in [1.54, 1.807) is 40.7 Å². The summed E-state index contributed by atoms with van der Waals surface area (Å²) >= 11 is 0. The van der Waals surface area contributed by atoms with E-state index in [0.29, 0.717) is 54.5 Å². The van der Waals surface area contributed by atoms with Gasteiger partial charge in [0.05, 0.1) is 17.9 Å². The molecule has 12 nitrogen and oxygen atoms in total. The summed E-state index contributed by atoms with van der Waals surface area (Å²) in [6, 6.07) is 4.70. The number of imidazole rings is 1. The number of anilines is 3. The molecule has 0 spiro atoms. The third kappa shape index (κ3) is 3.59. The molecule has 35 heavy (non-hydrogen) atoms. The van der Waals surface area contributed by atoms with Crippen molar-refractivity contribution < 1.29 is 9.18 Å². The molecule has 1 atom stereocenters. The molecule has 6 rings (SSSR count). The highest BCUT2D eigenvalue weighted by Crippen LogP contribution is 2.33. The van der Waals surface area contributed by atoms with Crippen LogP contribution in [0.5, 0.6) is 0 Å². The van der Waals surface area contributed by atoms with Gasteiger partial charge in [0.1, 0.15) is 24.0 Å². The first-order valence-electron chi connectivity index (χ1n) is 11.4. The van der Waals surface area contributed by atoms with Crippen molar-refractivity contribution in [1.82, 2.24) is 39.2 Å². The van der Waals surface area contributed by atoms with Crippen molar-refractivity contribution in [2.75, 3.05) is 17.7 Å². The molecule has 0 radical (unpaired) electrons. The van der Waals surface area contributed by atoms with E-state index in [-0.39, 0.29) is 29.2 Å². The summed E-state index contributed by atoms with van der Waals surface area (Å²) in [6.07, 6.45) is 5.11. The van der Waals surface area contributed by atoms with Gasteiger partial charge < -0.3 is 20.5 Å². The minimum absolute atomic E-state index is 0.145. The van der Waals surface area contributed by atoms with Crippen molar-refractivity contribution >= 4 is 28.7 Å². The van der Waals surface area contributed by atoms with E-state index < -0.39 is 6.17 Å². The van der Waals surface area contributed by atoms with Gasteiger partial charge in [-0.05, 0) is 31.4 Å². The van der Waals surface area contributed by atoms with Gasteiger partial charge in [0.25, 0.3) is 11.5 Å². The number of halogens is 1. The normalized spacial score (nSPS) is 20.9. The Morgan fingerprint density at radius 2 is 2.09 bits per heavy atom. The number of carbonyl (C=O) groups excluding carboxylic acids is 1. The molecule has 1 saturated carbocycles. The number of pyridine rings is 1. The summed E-state index contributed by atoms with van der Waals surface area (Å²) in [5.74, 6) is 0.712. The number of nitrogens with one attached hydrogen (secondary N) is 3. The van der Waals surface area contributed by atoms with E-state index in [2.05, 4.69) is 36.1 Å². The number of amides is 1. The van der Waals surface area contributed by atoms with E-state index in [0.717, 1.165) is 0 Å². The molecule has 0 bridgehead atoms. The molecule has 0 unspecified atom stereocenters. The molecular formula is C22H23FN10O2. The number of aryl methyl sites for hydroxylation is 1. The van der Waals surface area contributed by atoms with Crippen molar-refractivity contribution in [1.29, 1.82) is 0 Å². The highest BCUT2D eigenvalue weighted by molar-refractivity contribution is 5.94. The van der Waals surface area contributed by atoms with Gasteiger partial charge >= 0.3 is 0 Å². The maximum Gasteiger partial charge on any atom is 0.274 e. The number of rotatable bonds is 6. The monoisotopic (exact) mass is 478 g/mol. The first kappa shape index (κ1) is 21.3. The molecule has 3 N–H and O–H groups in total. The van der Waals surface area contributed by atoms with E-state index in [4.69, 9.17) is 0 Å². The van der Waals surface area contributed by atoms with Crippen molar-refractivity contribution in [3.63, 3.8) is 0 Å². The number of fused-ring (bicyclic) bond motifs is 2. The number of alkyl halides is 1. The average Bonchev–Trinajstić information content (AvgIpc) is 3.55. The van der Waals surface area contributed by atoms with Gasteiger partial charge in [0, 0.05) is 31.9 Å². The highest BCUT2D eigenvalue weighted by Gasteiger charge is 2.31. The number of hydrogen-bond donors (Lipinski definition) is 3. The third-order valence-corrected chi connectivity index (χ3v) is 6.55. The van der Waals surface area contributed by atoms with Crippen LogP contribution in [0.1, 0.15) is 47.7 Å². The second-order valence-electron chi connectivity index (χ2n) is 8.71. The molecule has 1 aliphatic carbocycles. The van der Waals surface area contributed by atoms with Gasteiger partial charge in [-0.3, -0.25) is 9.59 Å². The molecule has 13 heteroatoms. The first-order chi connectivity index (χ1) is 17.0. The zero-order valence-electron chi connectivity index (χ0n) is 18.8. The Labute approximate surface area is 198 Å². The molecular weight excluding hydrogens is 455 g/mol. The lowest BCUT2D eigenvalue weighted by Crippen LogP contribution is -2.35. The Morgan fingerprint density at radius 3 is 2.89 bits per heavy atom. The van der Waals surface area contributed by atoms with Crippen LogP contribution in [0.3, 0.4) is 0 Å². The standard InChI is InChI=1S/C22H23FN10O2/c1-24-16-9-18(28-15-3-2-5-31(22(15)35)13-7-12(23)8-13)30-33-17(10-25-20(16)33)21(34)29-14-4-6-32-19(14)26-11-27-32/h2-3,5,9-14,24H,4,6-8H2,1H3,(H,28,30)(H,29,34)/t12?,13?,14-/m0/s1. The van der Waals surface area contributed by atoms with Crippen molar-refractivity contribution in [2.24, 2.45) is 0 Å². The van der Waals surface area contributed by atoms with Crippen molar-refractivity contribution in [3.8, 4) is 0 Å². The highest BCUT2D eigenvalue weighted by atomic mass is 19.1. The molecule has 2 aliphatic rings. The molecule has 180 valence electrons. The van der Waals surface area contributed by atoms with Gasteiger partial charge in [0.2, 0.25) is 0 Å². The van der Waals surface area contributed by atoms with Crippen LogP contribution in [0.4, 0.5) is 21.6 Å². The molecule has 0 aromatic carbocycles. The molecule has 5 heterocycles. The first-order valence-corrected chi connectivity index (χ1v) is 11.4. The summed E-state index contributed by atoms with van der Waals surface area (Å²) in [4.78, 5) is 34.7. The summed E-state index contributed by atoms with van der Waals surface area (Å²) in [7, 11) is 1.73. The van der Waals surface area contributed by atoms with Crippen LogP contribution in [-0.2, 0) is 6.54 Å². The van der Waals surface area contributed by atoms with Gasteiger partial charge in [-0.25, -0.2) is 23.6 Å². The van der Waals surface area contributed by atoms with Gasteiger partial charge in [-0.15, -0.1) is 5.10 Å². The van der Waals surface area contributed by atoms with Crippen LogP contribution in [-0.4, -0.2) is 53.1 Å². The fourth-order valence-corrected chi connectivity index (χ4v) is 4.61. The van der Waals surface area contributed by atoms with E-state index in [1.165, 1.54) is 17.0 Å². The topological polar surface area (TPSA) is 136 Å². The van der Waals surface area contributed by atoms with Crippen molar-refractivity contribution in [2.45, 2.75) is 44.1 Å². The summed E-state index contributed by atoms with van der Waals surface area (Å²) in [5, 5.41) is 17.8. The summed E-state index contributed by atoms with van der Waals surface area (Å²) in [6.45, 7) is 0.686. The Bertz CT molecular complexity index is 1490. The molecule has 1 amide bonds. The number of carbonyl (C=O) groups is 1. The molecule has 1 fully saturated rings. The SMILES string of the molecule is CNc1cc(Nc2cccn(C3CC(F)C3)c2=O)nn2c(C(=O)N[C@H]3CCn4ncnc43)cnc12. The second-order valence-corrected chi connectivity index (χ2v) is 8.71. The second kappa shape index (κ2) is 8.18. The Kier molecular flexibility index (Phi) is 4.97. The lowest BCUT2D eigenvalue weighted by molar-refractivity contribution is 0.0929. The Hall–Kier alpha value is -4.29. The lowest BCUT2D eigenvalue weighted by atomic mass is 9.90. The average molecular weight is 478 g/mol. The lowest BCUT2D eigenvalue weighted by Gasteiger charge is -2.31. The quantitative estimate of drug-likeness (QED) is 0.382. The molecule has 4 aromatic rings. The minimum atomic E-state index is -0.864. The molecule has 0 saturated heterocycles. The van der Waals surface area contributed by atoms with Gasteiger partial charge in [-0.2, -0.15) is 5.10 Å². The predicted molar refractivity (Wildman–Crippen MR) is 125 cm³/mol. The summed E-state index contributed by atoms with van der Waals surface area (Å²) in [5.41, 5.74) is 1.38. The molecule has 4 aromatic heterocycles. The fraction of sp³-hybridized carbons (Fsp3) is 0.364.